The average molecular weight is 287 g/mol. The zero-order chi connectivity index (χ0) is 14.7. The fraction of sp³-hybridized carbons (Fsp3) is 0.200. The van der Waals surface area contributed by atoms with E-state index in [0.717, 1.165) is 16.0 Å². The van der Waals surface area contributed by atoms with Crippen molar-refractivity contribution in [2.75, 3.05) is 0 Å². The van der Waals surface area contributed by atoms with Gasteiger partial charge in [0.25, 0.3) is 0 Å². The first-order chi connectivity index (χ1) is 9.51. The molecular weight excluding hydrogens is 274 g/mol. The number of ether oxygens (including phenoxy) is 1. The Morgan fingerprint density at radius 1 is 1.40 bits per heavy atom. The van der Waals surface area contributed by atoms with Gasteiger partial charge in [0, 0.05) is 4.88 Å². The van der Waals surface area contributed by atoms with Crippen molar-refractivity contribution in [1.29, 1.82) is 5.26 Å². The van der Waals surface area contributed by atoms with Crippen molar-refractivity contribution in [2.45, 2.75) is 20.5 Å². The lowest BCUT2D eigenvalue weighted by atomic mass is 10.1. The Labute approximate surface area is 120 Å². The van der Waals surface area contributed by atoms with Crippen molar-refractivity contribution in [3.63, 3.8) is 0 Å². The van der Waals surface area contributed by atoms with Gasteiger partial charge in [0.1, 0.15) is 12.4 Å². The fourth-order valence-corrected chi connectivity index (χ4v) is 2.62. The quantitative estimate of drug-likeness (QED) is 0.934. The van der Waals surface area contributed by atoms with Crippen molar-refractivity contribution >= 4 is 17.3 Å². The molecule has 0 atom stereocenters. The van der Waals surface area contributed by atoms with E-state index < -0.39 is 5.97 Å². The predicted molar refractivity (Wildman–Crippen MR) is 76.2 cm³/mol. The molecular formula is C15H13NO3S. The third-order valence-electron chi connectivity index (χ3n) is 2.87. The maximum atomic E-state index is 11.1. The number of hydrogen-bond donors (Lipinski definition) is 1. The van der Waals surface area contributed by atoms with Gasteiger partial charge in [-0.05, 0) is 43.2 Å². The highest BCUT2D eigenvalue weighted by Gasteiger charge is 2.15. The van der Waals surface area contributed by atoms with Crippen molar-refractivity contribution in [3.8, 4) is 11.8 Å². The molecule has 0 saturated heterocycles. The van der Waals surface area contributed by atoms with Gasteiger partial charge in [-0.2, -0.15) is 5.26 Å². The summed E-state index contributed by atoms with van der Waals surface area (Å²) in [5.74, 6) is -0.585. The van der Waals surface area contributed by atoms with Crippen LogP contribution < -0.4 is 4.74 Å². The maximum Gasteiger partial charge on any atom is 0.349 e. The summed E-state index contributed by atoms with van der Waals surface area (Å²) in [6.07, 6.45) is 0. The molecule has 0 aliphatic heterocycles. The second-order valence-corrected chi connectivity index (χ2v) is 5.65. The zero-order valence-corrected chi connectivity index (χ0v) is 12.0. The Hall–Kier alpha value is -2.32. The lowest BCUT2D eigenvalue weighted by Crippen LogP contribution is -2.01. The van der Waals surface area contributed by atoms with Crippen LogP contribution in [-0.2, 0) is 6.61 Å². The lowest BCUT2D eigenvalue weighted by Gasteiger charge is -2.08. The first-order valence-electron chi connectivity index (χ1n) is 5.97. The number of carboxylic acids is 1. The SMILES string of the molecule is Cc1cc(OCc2ccc(C#N)cc2C)c(C(=O)O)s1. The zero-order valence-electron chi connectivity index (χ0n) is 11.1. The minimum Gasteiger partial charge on any atom is -0.487 e. The Bertz CT molecular complexity index is 698. The Balaban J connectivity index is 2.17. The summed E-state index contributed by atoms with van der Waals surface area (Å²) in [6.45, 7) is 4.03. The number of carboxylic acid groups (broad SMARTS) is 1. The average Bonchev–Trinajstić information content (AvgIpc) is 2.78. The fourth-order valence-electron chi connectivity index (χ4n) is 1.83. The van der Waals surface area contributed by atoms with E-state index in [9.17, 15) is 4.79 Å². The molecule has 0 amide bonds. The summed E-state index contributed by atoms with van der Waals surface area (Å²) in [7, 11) is 0. The number of nitriles is 1. The smallest absolute Gasteiger partial charge is 0.349 e. The number of thiophene rings is 1. The van der Waals surface area contributed by atoms with Crippen molar-refractivity contribution in [3.05, 3.63) is 50.7 Å². The van der Waals surface area contributed by atoms with Crippen LogP contribution in [0.25, 0.3) is 0 Å². The van der Waals surface area contributed by atoms with Crippen LogP contribution in [0.15, 0.2) is 24.3 Å². The number of nitrogens with zero attached hydrogens (tertiary/aromatic N) is 1. The van der Waals surface area contributed by atoms with E-state index >= 15 is 0 Å². The van der Waals surface area contributed by atoms with Crippen LogP contribution in [0, 0.1) is 25.2 Å². The first kappa shape index (κ1) is 14.1. The summed E-state index contributed by atoms with van der Waals surface area (Å²) in [6, 6.07) is 9.15. The van der Waals surface area contributed by atoms with Crippen LogP contribution in [0.2, 0.25) is 0 Å². The Kier molecular flexibility index (Phi) is 4.06. The van der Waals surface area contributed by atoms with Gasteiger partial charge in [-0.3, -0.25) is 0 Å². The first-order valence-corrected chi connectivity index (χ1v) is 6.79. The van der Waals surface area contributed by atoms with Gasteiger partial charge < -0.3 is 9.84 Å². The van der Waals surface area contributed by atoms with Gasteiger partial charge >= 0.3 is 5.97 Å². The second-order valence-electron chi connectivity index (χ2n) is 4.40. The molecule has 102 valence electrons. The number of hydrogen-bond acceptors (Lipinski definition) is 4. The summed E-state index contributed by atoms with van der Waals surface area (Å²) in [5, 5.41) is 17.9. The number of benzene rings is 1. The van der Waals surface area contributed by atoms with Gasteiger partial charge in [0.15, 0.2) is 4.88 Å². The van der Waals surface area contributed by atoms with Crippen molar-refractivity contribution in [1.82, 2.24) is 0 Å². The standard InChI is InChI=1S/C15H13NO3S/c1-9-5-11(7-16)3-4-12(9)8-19-13-6-10(2)20-14(13)15(17)18/h3-6H,8H2,1-2H3,(H,17,18). The molecule has 0 saturated carbocycles. The van der Waals surface area contributed by atoms with Gasteiger partial charge in [-0.1, -0.05) is 6.07 Å². The van der Waals surface area contributed by atoms with E-state index in [4.69, 9.17) is 15.1 Å². The molecule has 0 aliphatic carbocycles. The molecule has 1 aromatic carbocycles. The highest BCUT2D eigenvalue weighted by Crippen LogP contribution is 2.29. The molecule has 0 fully saturated rings. The molecule has 2 rings (SSSR count). The summed E-state index contributed by atoms with van der Waals surface area (Å²) >= 11 is 1.20. The molecule has 4 nitrogen and oxygen atoms in total. The second kappa shape index (κ2) is 5.76. The number of carbonyl (C=O) groups is 1. The number of rotatable bonds is 4. The molecule has 2 aromatic rings. The lowest BCUT2D eigenvalue weighted by molar-refractivity contribution is 0.0697. The topological polar surface area (TPSA) is 70.3 Å². The highest BCUT2D eigenvalue weighted by molar-refractivity contribution is 7.14. The van der Waals surface area contributed by atoms with Gasteiger partial charge in [-0.15, -0.1) is 11.3 Å². The molecule has 1 aromatic heterocycles. The molecule has 0 spiro atoms. The van der Waals surface area contributed by atoms with Gasteiger partial charge in [0.2, 0.25) is 0 Å². The third kappa shape index (κ3) is 2.98. The van der Waals surface area contributed by atoms with Crippen molar-refractivity contribution in [2.24, 2.45) is 0 Å². The predicted octanol–water partition coefficient (Wildman–Crippen LogP) is 3.51. The Morgan fingerprint density at radius 3 is 2.75 bits per heavy atom. The molecule has 0 radical (unpaired) electrons. The van der Waals surface area contributed by atoms with Crippen molar-refractivity contribution < 1.29 is 14.6 Å². The molecule has 5 heteroatoms. The molecule has 1 N–H and O–H groups in total. The number of aromatic carboxylic acids is 1. The minimum atomic E-state index is -0.977. The van der Waals surface area contributed by atoms with Gasteiger partial charge in [-0.25, -0.2) is 4.79 Å². The third-order valence-corrected chi connectivity index (χ3v) is 3.89. The van der Waals surface area contributed by atoms with Crippen LogP contribution in [0.4, 0.5) is 0 Å². The van der Waals surface area contributed by atoms with Crippen LogP contribution in [0.3, 0.4) is 0 Å². The molecule has 1 heterocycles. The summed E-state index contributed by atoms with van der Waals surface area (Å²) in [5.41, 5.74) is 2.49. The van der Waals surface area contributed by atoms with Crippen LogP contribution in [-0.4, -0.2) is 11.1 Å². The molecule has 0 aliphatic rings. The largest absolute Gasteiger partial charge is 0.487 e. The van der Waals surface area contributed by atoms with E-state index in [1.54, 1.807) is 18.2 Å². The van der Waals surface area contributed by atoms with Gasteiger partial charge in [0.05, 0.1) is 11.6 Å². The van der Waals surface area contributed by atoms with Crippen LogP contribution >= 0.6 is 11.3 Å². The van der Waals surface area contributed by atoms with Crippen LogP contribution in [0.1, 0.15) is 31.2 Å². The monoisotopic (exact) mass is 287 g/mol. The number of aryl methyl sites for hydroxylation is 2. The van der Waals surface area contributed by atoms with E-state index in [1.165, 1.54) is 11.3 Å². The summed E-state index contributed by atoms with van der Waals surface area (Å²) in [4.78, 5) is 12.2. The van der Waals surface area contributed by atoms with E-state index in [2.05, 4.69) is 6.07 Å². The van der Waals surface area contributed by atoms with E-state index in [-0.39, 0.29) is 11.5 Å². The van der Waals surface area contributed by atoms with E-state index in [1.807, 2.05) is 19.9 Å². The van der Waals surface area contributed by atoms with Crippen LogP contribution in [0.5, 0.6) is 5.75 Å². The molecule has 0 bridgehead atoms. The maximum absolute atomic E-state index is 11.1. The normalized spacial score (nSPS) is 10.1. The highest BCUT2D eigenvalue weighted by atomic mass is 32.1. The minimum absolute atomic E-state index is 0.216. The molecule has 20 heavy (non-hydrogen) atoms. The molecule has 0 unspecified atom stereocenters. The summed E-state index contributed by atoms with van der Waals surface area (Å²) < 4.78 is 5.61. The van der Waals surface area contributed by atoms with E-state index in [0.29, 0.717) is 11.3 Å². The Morgan fingerprint density at radius 2 is 2.15 bits per heavy atom.